The summed E-state index contributed by atoms with van der Waals surface area (Å²) in [5.74, 6) is 0.629. The molecule has 3 rings (SSSR count). The largest absolute Gasteiger partial charge is 0.376 e. The summed E-state index contributed by atoms with van der Waals surface area (Å²) in [6.07, 6.45) is 2.84. The smallest absolute Gasteiger partial charge is 0.208 e. The molecule has 1 aromatic heterocycles. The van der Waals surface area contributed by atoms with Crippen LogP contribution in [0.4, 0.5) is 5.13 Å². The summed E-state index contributed by atoms with van der Waals surface area (Å²) in [6.45, 7) is 2.97. The molecule has 0 spiro atoms. The van der Waals surface area contributed by atoms with Gasteiger partial charge in [-0.25, -0.2) is 0 Å². The lowest BCUT2D eigenvalue weighted by molar-refractivity contribution is -0.0742. The molecule has 0 aliphatic carbocycles. The first kappa shape index (κ1) is 12.3. The number of hydrogen-bond acceptors (Lipinski definition) is 6. The number of nitrogens with zero attached hydrogens (tertiary/aromatic N) is 4. The lowest BCUT2D eigenvalue weighted by Gasteiger charge is -2.47. The third-order valence-electron chi connectivity index (χ3n) is 4.02. The minimum Gasteiger partial charge on any atom is -0.376 e. The van der Waals surface area contributed by atoms with Crippen LogP contribution in [-0.4, -0.2) is 61.0 Å². The fraction of sp³-hybridized carbons (Fsp3) is 0.833. The Morgan fingerprint density at radius 1 is 1.44 bits per heavy atom. The van der Waals surface area contributed by atoms with E-state index in [2.05, 4.69) is 34.1 Å². The minimum atomic E-state index is 0.387. The number of anilines is 1. The van der Waals surface area contributed by atoms with Gasteiger partial charge in [-0.2, -0.15) is 0 Å². The highest BCUT2D eigenvalue weighted by Crippen LogP contribution is 2.32. The molecule has 5 nitrogen and oxygen atoms in total. The first-order valence-electron chi connectivity index (χ1n) is 6.55. The van der Waals surface area contributed by atoms with Gasteiger partial charge < -0.3 is 14.5 Å². The monoisotopic (exact) mass is 268 g/mol. The van der Waals surface area contributed by atoms with Gasteiger partial charge >= 0.3 is 0 Å². The summed E-state index contributed by atoms with van der Waals surface area (Å²) < 4.78 is 6.02. The standard InChI is InChI=1S/C12H20N4OS/c1-15(2)10-7-16(12-14-13-8-18-12)6-9-4-3-5-17-11(9)10/h8-11H,3-7H2,1-2H3/t9-,10+,11-/m0/s1. The van der Waals surface area contributed by atoms with E-state index in [1.54, 1.807) is 11.3 Å². The van der Waals surface area contributed by atoms with Crippen LogP contribution in [0.25, 0.3) is 0 Å². The third-order valence-corrected chi connectivity index (χ3v) is 4.77. The summed E-state index contributed by atoms with van der Waals surface area (Å²) >= 11 is 1.63. The molecule has 3 atom stereocenters. The molecule has 6 heteroatoms. The van der Waals surface area contributed by atoms with E-state index in [1.807, 2.05) is 5.51 Å². The van der Waals surface area contributed by atoms with Crippen LogP contribution in [0.5, 0.6) is 0 Å². The second-order valence-corrected chi connectivity index (χ2v) is 6.21. The molecule has 2 aliphatic rings. The van der Waals surface area contributed by atoms with Crippen molar-refractivity contribution in [1.29, 1.82) is 0 Å². The van der Waals surface area contributed by atoms with E-state index in [0.717, 1.165) is 24.8 Å². The molecule has 0 saturated carbocycles. The van der Waals surface area contributed by atoms with Gasteiger partial charge in [-0.05, 0) is 26.9 Å². The van der Waals surface area contributed by atoms with Crippen LogP contribution in [0, 0.1) is 5.92 Å². The molecule has 1 aromatic rings. The highest BCUT2D eigenvalue weighted by Gasteiger charge is 2.40. The predicted octanol–water partition coefficient (Wildman–Crippen LogP) is 1.08. The van der Waals surface area contributed by atoms with E-state index >= 15 is 0 Å². The first-order chi connectivity index (χ1) is 8.75. The van der Waals surface area contributed by atoms with Crippen molar-refractivity contribution < 1.29 is 4.74 Å². The first-order valence-corrected chi connectivity index (χ1v) is 7.43. The SMILES string of the molecule is CN(C)[C@@H]1CN(c2nncs2)C[C@@H]2CCCO[C@@H]21. The van der Waals surface area contributed by atoms with Crippen molar-refractivity contribution >= 4 is 16.5 Å². The van der Waals surface area contributed by atoms with Gasteiger partial charge in [-0.15, -0.1) is 10.2 Å². The van der Waals surface area contributed by atoms with Crippen molar-refractivity contribution in [2.75, 3.05) is 38.7 Å². The molecular formula is C12H20N4OS. The summed E-state index contributed by atoms with van der Waals surface area (Å²) in [5.41, 5.74) is 1.81. The Hall–Kier alpha value is -0.720. The molecule has 0 N–H and O–H groups in total. The molecule has 2 fully saturated rings. The van der Waals surface area contributed by atoms with Gasteiger partial charge in [0.05, 0.1) is 12.1 Å². The zero-order valence-electron chi connectivity index (χ0n) is 11.0. The lowest BCUT2D eigenvalue weighted by atomic mass is 9.85. The van der Waals surface area contributed by atoms with E-state index in [1.165, 1.54) is 12.8 Å². The predicted molar refractivity (Wildman–Crippen MR) is 72.1 cm³/mol. The Morgan fingerprint density at radius 2 is 2.33 bits per heavy atom. The van der Waals surface area contributed by atoms with Crippen molar-refractivity contribution in [1.82, 2.24) is 15.1 Å². The van der Waals surface area contributed by atoms with E-state index < -0.39 is 0 Å². The number of hydrogen-bond donors (Lipinski definition) is 0. The fourth-order valence-corrected chi connectivity index (χ4v) is 3.67. The van der Waals surface area contributed by atoms with Gasteiger partial charge in [0.2, 0.25) is 5.13 Å². The number of rotatable bonds is 2. The number of fused-ring (bicyclic) bond motifs is 1. The van der Waals surface area contributed by atoms with Crippen molar-refractivity contribution in [2.24, 2.45) is 5.92 Å². The van der Waals surface area contributed by atoms with Gasteiger partial charge in [-0.1, -0.05) is 11.3 Å². The van der Waals surface area contributed by atoms with E-state index in [0.29, 0.717) is 18.1 Å². The third kappa shape index (κ3) is 2.24. The van der Waals surface area contributed by atoms with E-state index in [-0.39, 0.29) is 0 Å². The van der Waals surface area contributed by atoms with E-state index in [9.17, 15) is 0 Å². The fourth-order valence-electron chi connectivity index (χ4n) is 3.09. The topological polar surface area (TPSA) is 41.5 Å². The van der Waals surface area contributed by atoms with Crippen molar-refractivity contribution in [3.8, 4) is 0 Å². The molecule has 2 aliphatic heterocycles. The van der Waals surface area contributed by atoms with Crippen molar-refractivity contribution in [3.05, 3.63) is 5.51 Å². The molecule has 0 bridgehead atoms. The maximum absolute atomic E-state index is 6.02. The van der Waals surface area contributed by atoms with Gasteiger partial charge in [-0.3, -0.25) is 0 Å². The van der Waals surface area contributed by atoms with Gasteiger partial charge in [0, 0.05) is 25.6 Å². The molecule has 0 aromatic carbocycles. The maximum Gasteiger partial charge on any atom is 0.208 e. The number of piperidine rings is 1. The normalized spacial score (nSPS) is 32.6. The highest BCUT2D eigenvalue weighted by molar-refractivity contribution is 7.13. The van der Waals surface area contributed by atoms with Crippen LogP contribution < -0.4 is 4.90 Å². The Balaban J connectivity index is 1.80. The van der Waals surface area contributed by atoms with Crippen LogP contribution in [0.3, 0.4) is 0 Å². The van der Waals surface area contributed by atoms with Crippen LogP contribution in [0.2, 0.25) is 0 Å². The Morgan fingerprint density at radius 3 is 3.06 bits per heavy atom. The van der Waals surface area contributed by atoms with E-state index in [4.69, 9.17) is 4.74 Å². The Labute approximate surface area is 112 Å². The maximum atomic E-state index is 6.02. The van der Waals surface area contributed by atoms with Gasteiger partial charge in [0.1, 0.15) is 5.51 Å². The molecule has 0 amide bonds. The van der Waals surface area contributed by atoms with Crippen LogP contribution >= 0.6 is 11.3 Å². The Bertz CT molecular complexity index is 383. The minimum absolute atomic E-state index is 0.387. The summed E-state index contributed by atoms with van der Waals surface area (Å²) in [5, 5.41) is 9.21. The number of likely N-dealkylation sites (N-methyl/N-ethyl adjacent to an activating group) is 1. The molecule has 0 unspecified atom stereocenters. The molecule has 3 heterocycles. The zero-order valence-corrected chi connectivity index (χ0v) is 11.8. The molecular weight excluding hydrogens is 248 g/mol. The summed E-state index contributed by atoms with van der Waals surface area (Å²) in [4.78, 5) is 4.66. The highest BCUT2D eigenvalue weighted by atomic mass is 32.1. The second-order valence-electron chi connectivity index (χ2n) is 5.39. The van der Waals surface area contributed by atoms with Crippen LogP contribution in [0.1, 0.15) is 12.8 Å². The summed E-state index contributed by atoms with van der Waals surface area (Å²) in [7, 11) is 4.28. The zero-order chi connectivity index (χ0) is 12.5. The van der Waals surface area contributed by atoms with Gasteiger partial charge in [0.15, 0.2) is 0 Å². The van der Waals surface area contributed by atoms with Crippen molar-refractivity contribution in [3.63, 3.8) is 0 Å². The van der Waals surface area contributed by atoms with Crippen LogP contribution in [-0.2, 0) is 4.74 Å². The lowest BCUT2D eigenvalue weighted by Crippen LogP contribution is -2.59. The molecule has 18 heavy (non-hydrogen) atoms. The number of ether oxygens (including phenoxy) is 1. The van der Waals surface area contributed by atoms with Crippen LogP contribution in [0.15, 0.2) is 5.51 Å². The van der Waals surface area contributed by atoms with Crippen molar-refractivity contribution in [2.45, 2.75) is 25.0 Å². The Kier molecular flexibility index (Phi) is 3.50. The second kappa shape index (κ2) is 5.11. The average Bonchev–Trinajstić information content (AvgIpc) is 2.91. The van der Waals surface area contributed by atoms with Gasteiger partial charge in [0.25, 0.3) is 0 Å². The average molecular weight is 268 g/mol. The quantitative estimate of drug-likeness (QED) is 0.803. The number of aromatic nitrogens is 2. The summed E-state index contributed by atoms with van der Waals surface area (Å²) in [6, 6.07) is 0.452. The molecule has 0 radical (unpaired) electrons. The molecule has 100 valence electrons. The molecule has 2 saturated heterocycles.